The van der Waals surface area contributed by atoms with E-state index in [2.05, 4.69) is 17.4 Å². The van der Waals surface area contributed by atoms with Crippen molar-refractivity contribution in [2.75, 3.05) is 13.2 Å². The normalized spacial score (nSPS) is 15.4. The number of ether oxygens (including phenoxy) is 1. The van der Waals surface area contributed by atoms with E-state index in [0.717, 1.165) is 5.56 Å². The van der Waals surface area contributed by atoms with Gasteiger partial charge in [0.15, 0.2) is 0 Å². The van der Waals surface area contributed by atoms with Gasteiger partial charge >= 0.3 is 6.18 Å². The number of alkyl halides is 3. The fourth-order valence-corrected chi connectivity index (χ4v) is 1.61. The summed E-state index contributed by atoms with van der Waals surface area (Å²) in [5.41, 5.74) is 1.47. The lowest BCUT2D eigenvalue weighted by Crippen LogP contribution is -2.21. The molecule has 0 amide bonds. The van der Waals surface area contributed by atoms with E-state index in [0.29, 0.717) is 5.56 Å². The van der Waals surface area contributed by atoms with Gasteiger partial charge in [0, 0.05) is 5.25 Å². The molecule has 1 rings (SSSR count). The van der Waals surface area contributed by atoms with Gasteiger partial charge in [-0.3, -0.25) is 0 Å². The maximum atomic E-state index is 12.0. The van der Waals surface area contributed by atoms with Crippen LogP contribution in [0.25, 0.3) is 0 Å². The highest BCUT2D eigenvalue weighted by Crippen LogP contribution is 2.25. The average molecular weight is 280 g/mol. The zero-order valence-corrected chi connectivity index (χ0v) is 10.7. The Morgan fingerprint density at radius 2 is 1.72 bits per heavy atom. The molecular weight excluding hydrogens is 265 g/mol. The van der Waals surface area contributed by atoms with Gasteiger partial charge in [0.05, 0.1) is 6.61 Å². The molecule has 0 heterocycles. The van der Waals surface area contributed by atoms with Crippen molar-refractivity contribution in [2.45, 2.75) is 24.5 Å². The minimum Gasteiger partial charge on any atom is -0.393 e. The number of aliphatic hydroxyl groups excluding tert-OH is 1. The number of aliphatic hydroxyl groups is 1. The molecule has 0 saturated carbocycles. The fourth-order valence-electron chi connectivity index (χ4n) is 1.44. The molecule has 0 fully saturated rings. The fraction of sp³-hybridized carbons (Fsp3) is 0.500. The van der Waals surface area contributed by atoms with Gasteiger partial charge in [0.25, 0.3) is 0 Å². The van der Waals surface area contributed by atoms with Gasteiger partial charge in [0.1, 0.15) is 12.7 Å². The van der Waals surface area contributed by atoms with Crippen LogP contribution in [0.3, 0.4) is 0 Å². The Morgan fingerprint density at radius 1 is 1.22 bits per heavy atom. The number of hydrogen-bond acceptors (Lipinski definition) is 3. The molecule has 102 valence electrons. The summed E-state index contributed by atoms with van der Waals surface area (Å²) in [6.07, 6.45) is -5.36. The third-order valence-corrected chi connectivity index (χ3v) is 2.70. The third-order valence-electron chi connectivity index (χ3n) is 2.40. The predicted octanol–water partition coefficient (Wildman–Crippen LogP) is 3.29. The largest absolute Gasteiger partial charge is 0.411 e. The molecule has 0 spiro atoms. The van der Waals surface area contributed by atoms with E-state index in [9.17, 15) is 13.2 Å². The molecule has 2 nitrogen and oxygen atoms in total. The number of halogens is 3. The summed E-state index contributed by atoms with van der Waals surface area (Å²) >= 11 is 4.25. The minimum atomic E-state index is -4.40. The van der Waals surface area contributed by atoms with Gasteiger partial charge in [-0.05, 0) is 18.1 Å². The van der Waals surface area contributed by atoms with E-state index >= 15 is 0 Å². The lowest BCUT2D eigenvalue weighted by Gasteiger charge is -2.17. The molecule has 1 aromatic rings. The van der Waals surface area contributed by atoms with E-state index < -0.39 is 25.5 Å². The Bertz CT molecular complexity index is 363. The molecule has 0 aliphatic heterocycles. The number of hydrogen-bond donors (Lipinski definition) is 2. The van der Waals surface area contributed by atoms with Crippen molar-refractivity contribution >= 4 is 12.6 Å². The highest BCUT2D eigenvalue weighted by Gasteiger charge is 2.29. The molecule has 0 aromatic heterocycles. The molecule has 0 aliphatic carbocycles. The van der Waals surface area contributed by atoms with E-state index in [-0.39, 0.29) is 5.25 Å². The van der Waals surface area contributed by atoms with Crippen LogP contribution in [-0.4, -0.2) is 24.5 Å². The first-order valence-electron chi connectivity index (χ1n) is 5.40. The van der Waals surface area contributed by atoms with E-state index in [4.69, 9.17) is 5.11 Å². The molecule has 0 aliphatic rings. The van der Waals surface area contributed by atoms with Crippen molar-refractivity contribution in [3.63, 3.8) is 0 Å². The van der Waals surface area contributed by atoms with Gasteiger partial charge in [-0.25, -0.2) is 0 Å². The first-order chi connectivity index (χ1) is 8.33. The highest BCUT2D eigenvalue weighted by atomic mass is 32.1. The first kappa shape index (κ1) is 15.3. The van der Waals surface area contributed by atoms with Crippen molar-refractivity contribution in [1.82, 2.24) is 0 Å². The number of thiol groups is 1. The summed E-state index contributed by atoms with van der Waals surface area (Å²) in [4.78, 5) is 0. The number of rotatable bonds is 5. The maximum absolute atomic E-state index is 12.0. The first-order valence-corrected chi connectivity index (χ1v) is 5.92. The van der Waals surface area contributed by atoms with Crippen LogP contribution in [0.2, 0.25) is 0 Å². The minimum absolute atomic E-state index is 0.0442. The molecule has 1 aromatic carbocycles. The van der Waals surface area contributed by atoms with Crippen molar-refractivity contribution in [3.8, 4) is 0 Å². The van der Waals surface area contributed by atoms with Crippen LogP contribution in [0.15, 0.2) is 24.3 Å². The van der Waals surface area contributed by atoms with Crippen molar-refractivity contribution in [3.05, 3.63) is 35.4 Å². The summed E-state index contributed by atoms with van der Waals surface area (Å²) < 4.78 is 40.7. The lowest BCUT2D eigenvalue weighted by atomic mass is 10.1. The Labute approximate surface area is 109 Å². The molecule has 6 heteroatoms. The van der Waals surface area contributed by atoms with Gasteiger partial charge in [-0.2, -0.15) is 25.8 Å². The Kier molecular flexibility index (Phi) is 5.49. The molecular formula is C12H15F3O2S. The Morgan fingerprint density at radius 3 is 2.11 bits per heavy atom. The van der Waals surface area contributed by atoms with Crippen molar-refractivity contribution in [2.24, 2.45) is 0 Å². The zero-order chi connectivity index (χ0) is 13.8. The van der Waals surface area contributed by atoms with Crippen LogP contribution in [0.1, 0.15) is 29.4 Å². The van der Waals surface area contributed by atoms with Crippen LogP contribution in [0.4, 0.5) is 13.2 Å². The molecule has 2 unspecified atom stereocenters. The van der Waals surface area contributed by atoms with Crippen LogP contribution in [-0.2, 0) is 4.74 Å². The third kappa shape index (κ3) is 4.88. The molecule has 0 radical (unpaired) electrons. The van der Waals surface area contributed by atoms with Gasteiger partial charge in [-0.15, -0.1) is 0 Å². The van der Waals surface area contributed by atoms with E-state index in [1.165, 1.54) is 0 Å². The summed E-state index contributed by atoms with van der Waals surface area (Å²) in [7, 11) is 0. The summed E-state index contributed by atoms with van der Waals surface area (Å²) in [6.45, 7) is 0.0244. The smallest absolute Gasteiger partial charge is 0.393 e. The summed E-state index contributed by atoms with van der Waals surface area (Å²) in [5, 5.41) is 9.09. The van der Waals surface area contributed by atoms with Crippen molar-refractivity contribution in [1.29, 1.82) is 0 Å². The molecule has 1 N–H and O–H groups in total. The second-order valence-electron chi connectivity index (χ2n) is 3.94. The summed E-state index contributed by atoms with van der Waals surface area (Å²) in [6, 6.07) is 6.79. The average Bonchev–Trinajstić information content (AvgIpc) is 2.29. The molecule has 0 saturated heterocycles. The molecule has 18 heavy (non-hydrogen) atoms. The van der Waals surface area contributed by atoms with Crippen molar-refractivity contribution < 1.29 is 23.0 Å². The zero-order valence-electron chi connectivity index (χ0n) is 9.81. The highest BCUT2D eigenvalue weighted by molar-refractivity contribution is 7.80. The lowest BCUT2D eigenvalue weighted by molar-refractivity contribution is -0.189. The van der Waals surface area contributed by atoms with Crippen LogP contribution in [0, 0.1) is 0 Å². The Balaban J connectivity index is 2.70. The van der Waals surface area contributed by atoms with Crippen LogP contribution >= 0.6 is 12.6 Å². The topological polar surface area (TPSA) is 29.5 Å². The Hall–Kier alpha value is -0.720. The quantitative estimate of drug-likeness (QED) is 0.810. The number of benzene rings is 1. The second-order valence-corrected chi connectivity index (χ2v) is 4.71. The standard InChI is InChI=1S/C12H15F3O2S/c1-8(18)9-2-4-10(5-3-9)11(6-16)17-7-12(13,14)15/h2-5,8,11,16,18H,6-7H2,1H3. The van der Waals surface area contributed by atoms with Gasteiger partial charge in [0.2, 0.25) is 0 Å². The van der Waals surface area contributed by atoms with Crippen LogP contribution in [0.5, 0.6) is 0 Å². The monoisotopic (exact) mass is 280 g/mol. The van der Waals surface area contributed by atoms with Crippen LogP contribution < -0.4 is 0 Å². The molecule has 2 atom stereocenters. The maximum Gasteiger partial charge on any atom is 0.411 e. The van der Waals surface area contributed by atoms with E-state index in [1.54, 1.807) is 24.3 Å². The SMILES string of the molecule is CC(S)c1ccc(C(CO)OCC(F)(F)F)cc1. The van der Waals surface area contributed by atoms with E-state index in [1.807, 2.05) is 6.92 Å². The summed E-state index contributed by atoms with van der Waals surface area (Å²) in [5.74, 6) is 0. The molecule has 0 bridgehead atoms. The van der Waals surface area contributed by atoms with Gasteiger partial charge < -0.3 is 9.84 Å². The van der Waals surface area contributed by atoms with Gasteiger partial charge in [-0.1, -0.05) is 24.3 Å². The predicted molar refractivity (Wildman–Crippen MR) is 65.7 cm³/mol. The second kappa shape index (κ2) is 6.45.